The van der Waals surface area contributed by atoms with Crippen molar-refractivity contribution in [2.45, 2.75) is 0 Å². The lowest BCUT2D eigenvalue weighted by Crippen LogP contribution is -2.02. The molecular formula is C38H21N3S2. The minimum absolute atomic E-state index is 0.697. The van der Waals surface area contributed by atoms with Crippen LogP contribution >= 0.6 is 22.7 Å². The summed E-state index contributed by atoms with van der Waals surface area (Å²) in [6, 6.07) is 45.8. The number of aromatic nitrogens is 3. The molecule has 0 fully saturated rings. The van der Waals surface area contributed by atoms with Crippen LogP contribution in [0, 0.1) is 0 Å². The van der Waals surface area contributed by atoms with Crippen molar-refractivity contribution in [2.75, 3.05) is 0 Å². The number of benzene rings is 6. The number of nitrogens with zero attached hydrogens (tertiary/aromatic N) is 3. The lowest BCUT2D eigenvalue weighted by molar-refractivity contribution is 1.02. The molecule has 0 N–H and O–H groups in total. The summed E-state index contributed by atoms with van der Waals surface area (Å²) in [6.07, 6.45) is 0. The summed E-state index contributed by atoms with van der Waals surface area (Å²) < 4.78 is 7.20. The number of rotatable bonds is 2. The fraction of sp³-hybridized carbons (Fsp3) is 0. The summed E-state index contributed by atoms with van der Waals surface area (Å²) in [5, 5.41) is 8.58. The summed E-state index contributed by atoms with van der Waals surface area (Å²) in [7, 11) is 0. The van der Waals surface area contributed by atoms with Crippen molar-refractivity contribution >= 4 is 95.7 Å². The van der Waals surface area contributed by atoms with Gasteiger partial charge in [-0.2, -0.15) is 0 Å². The molecule has 0 amide bonds. The van der Waals surface area contributed by atoms with E-state index in [-0.39, 0.29) is 0 Å². The molecule has 0 radical (unpaired) electrons. The highest BCUT2D eigenvalue weighted by Crippen LogP contribution is 2.42. The van der Waals surface area contributed by atoms with Crippen molar-refractivity contribution in [1.29, 1.82) is 0 Å². The van der Waals surface area contributed by atoms with E-state index in [0.717, 1.165) is 32.5 Å². The molecule has 0 atom stereocenters. The summed E-state index contributed by atoms with van der Waals surface area (Å²) in [5.74, 6) is 0.697. The average Bonchev–Trinajstić information content (AvgIpc) is 3.72. The van der Waals surface area contributed by atoms with Gasteiger partial charge in [0.15, 0.2) is 0 Å². The van der Waals surface area contributed by atoms with Gasteiger partial charge < -0.3 is 0 Å². The van der Waals surface area contributed by atoms with E-state index >= 15 is 0 Å². The van der Waals surface area contributed by atoms with Crippen LogP contribution in [0.3, 0.4) is 0 Å². The summed E-state index contributed by atoms with van der Waals surface area (Å²) in [5.41, 5.74) is 5.32. The second-order valence-corrected chi connectivity index (χ2v) is 13.2. The van der Waals surface area contributed by atoms with E-state index in [9.17, 15) is 0 Å². The Bertz CT molecular complexity index is 2750. The van der Waals surface area contributed by atoms with Crippen molar-refractivity contribution in [2.24, 2.45) is 0 Å². The van der Waals surface area contributed by atoms with Crippen LogP contribution in [-0.4, -0.2) is 14.5 Å². The Morgan fingerprint density at radius 2 is 1.14 bits per heavy atom. The smallest absolute Gasteiger partial charge is 0.235 e. The molecule has 200 valence electrons. The first kappa shape index (κ1) is 23.5. The first-order valence-corrected chi connectivity index (χ1v) is 16.0. The van der Waals surface area contributed by atoms with Gasteiger partial charge in [-0.3, -0.25) is 4.57 Å². The molecule has 0 saturated heterocycles. The van der Waals surface area contributed by atoms with E-state index in [1.807, 2.05) is 11.3 Å². The Morgan fingerprint density at radius 3 is 2.00 bits per heavy atom. The highest BCUT2D eigenvalue weighted by Gasteiger charge is 2.20. The Balaban J connectivity index is 1.34. The van der Waals surface area contributed by atoms with Crippen LogP contribution in [-0.2, 0) is 0 Å². The molecule has 0 aliphatic rings. The molecule has 4 heterocycles. The molecule has 0 aliphatic heterocycles. The third-order valence-corrected chi connectivity index (χ3v) is 10.9. The highest BCUT2D eigenvalue weighted by molar-refractivity contribution is 7.26. The SMILES string of the molecule is c1ccc2cc3c(cc2c1)c1ccccc1n3-c1nc(-c2ccc3sc4ccccc4c3c2)c2sc3ccccc3c2n1. The maximum absolute atomic E-state index is 5.43. The van der Waals surface area contributed by atoms with E-state index in [2.05, 4.69) is 132 Å². The summed E-state index contributed by atoms with van der Waals surface area (Å²) >= 11 is 3.62. The van der Waals surface area contributed by atoms with Gasteiger partial charge in [-0.15, -0.1) is 22.7 Å². The average molecular weight is 584 g/mol. The molecule has 0 saturated carbocycles. The number of para-hydroxylation sites is 1. The quantitative estimate of drug-likeness (QED) is 0.203. The zero-order valence-electron chi connectivity index (χ0n) is 22.8. The topological polar surface area (TPSA) is 30.7 Å². The van der Waals surface area contributed by atoms with E-state index in [1.54, 1.807) is 11.3 Å². The van der Waals surface area contributed by atoms with Gasteiger partial charge in [0.1, 0.15) is 0 Å². The van der Waals surface area contributed by atoms with Gasteiger partial charge in [0.05, 0.1) is 26.9 Å². The van der Waals surface area contributed by atoms with Crippen molar-refractivity contribution in [1.82, 2.24) is 14.5 Å². The van der Waals surface area contributed by atoms with Crippen LogP contribution in [0.1, 0.15) is 0 Å². The Labute approximate surface area is 253 Å². The Morgan fingerprint density at radius 1 is 0.465 bits per heavy atom. The monoisotopic (exact) mass is 583 g/mol. The normalized spacial score (nSPS) is 12.2. The van der Waals surface area contributed by atoms with Gasteiger partial charge in [0.25, 0.3) is 0 Å². The molecule has 6 aromatic carbocycles. The molecule has 5 heteroatoms. The number of fused-ring (bicyclic) bond motifs is 10. The van der Waals surface area contributed by atoms with Gasteiger partial charge in [0.2, 0.25) is 5.95 Å². The first-order valence-electron chi connectivity index (χ1n) is 14.3. The maximum Gasteiger partial charge on any atom is 0.235 e. The molecule has 3 nitrogen and oxygen atoms in total. The van der Waals surface area contributed by atoms with Gasteiger partial charge in [0, 0.05) is 46.6 Å². The largest absolute Gasteiger partial charge is 0.278 e. The van der Waals surface area contributed by atoms with Crippen LogP contribution in [0.25, 0.3) is 90.3 Å². The Hall–Kier alpha value is -5.10. The third-order valence-electron chi connectivity index (χ3n) is 8.60. The molecule has 0 unspecified atom stereocenters. The fourth-order valence-corrected chi connectivity index (χ4v) is 8.86. The molecule has 0 aliphatic carbocycles. The van der Waals surface area contributed by atoms with Crippen molar-refractivity contribution < 1.29 is 0 Å². The van der Waals surface area contributed by atoms with Crippen molar-refractivity contribution in [3.8, 4) is 17.2 Å². The molecule has 0 spiro atoms. The van der Waals surface area contributed by atoms with Crippen LogP contribution in [0.4, 0.5) is 0 Å². The standard InChI is InChI=1S/C38H21N3S2/c1-2-10-23-21-31-28(19-22(23)9-1)25-11-3-6-14-30(25)41(31)38-39-35(37-36(40-38)27-13-5-8-16-33(27)43-37)24-17-18-34-29(20-24)26-12-4-7-15-32(26)42-34/h1-21H. The lowest BCUT2D eigenvalue weighted by atomic mass is 10.1. The lowest BCUT2D eigenvalue weighted by Gasteiger charge is -2.10. The predicted molar refractivity (Wildman–Crippen MR) is 185 cm³/mol. The number of thiophene rings is 2. The minimum Gasteiger partial charge on any atom is -0.278 e. The zero-order chi connectivity index (χ0) is 28.1. The van der Waals surface area contributed by atoms with Crippen LogP contribution in [0.5, 0.6) is 0 Å². The van der Waals surface area contributed by atoms with E-state index in [4.69, 9.17) is 9.97 Å². The fourth-order valence-electron chi connectivity index (χ4n) is 6.62. The van der Waals surface area contributed by atoms with Gasteiger partial charge in [-0.1, -0.05) is 84.9 Å². The predicted octanol–water partition coefficient (Wildman–Crippen LogP) is 11.1. The van der Waals surface area contributed by atoms with Crippen molar-refractivity contribution in [3.05, 3.63) is 127 Å². The van der Waals surface area contributed by atoms with Crippen molar-refractivity contribution in [3.63, 3.8) is 0 Å². The second-order valence-electron chi connectivity index (χ2n) is 11.0. The third kappa shape index (κ3) is 3.35. The molecule has 4 aromatic heterocycles. The summed E-state index contributed by atoms with van der Waals surface area (Å²) in [4.78, 5) is 10.8. The van der Waals surface area contributed by atoms with E-state index < -0.39 is 0 Å². The molecule has 43 heavy (non-hydrogen) atoms. The second kappa shape index (κ2) is 8.71. The molecule has 0 bridgehead atoms. The molecular weight excluding hydrogens is 563 g/mol. The van der Waals surface area contributed by atoms with E-state index in [0.29, 0.717) is 5.95 Å². The van der Waals surface area contributed by atoms with Crippen LogP contribution in [0.2, 0.25) is 0 Å². The zero-order valence-corrected chi connectivity index (χ0v) is 24.4. The van der Waals surface area contributed by atoms with E-state index in [1.165, 1.54) is 51.8 Å². The molecule has 10 aromatic rings. The number of hydrogen-bond donors (Lipinski definition) is 0. The van der Waals surface area contributed by atoms with Gasteiger partial charge in [-0.05, 0) is 53.2 Å². The number of hydrogen-bond acceptors (Lipinski definition) is 4. The summed E-state index contributed by atoms with van der Waals surface area (Å²) in [6.45, 7) is 0. The first-order chi connectivity index (χ1) is 21.3. The van der Waals surface area contributed by atoms with Crippen LogP contribution < -0.4 is 0 Å². The Kier molecular flexibility index (Phi) is 4.75. The minimum atomic E-state index is 0.697. The molecule has 10 rings (SSSR count). The van der Waals surface area contributed by atoms with Gasteiger partial charge >= 0.3 is 0 Å². The highest BCUT2D eigenvalue weighted by atomic mass is 32.1. The maximum atomic E-state index is 5.43. The van der Waals surface area contributed by atoms with Crippen LogP contribution in [0.15, 0.2) is 127 Å². The van der Waals surface area contributed by atoms with Gasteiger partial charge in [-0.25, -0.2) is 9.97 Å².